The number of ether oxygens (including phenoxy) is 1. The molecule has 2 aromatic heterocycles. The summed E-state index contributed by atoms with van der Waals surface area (Å²) in [6, 6.07) is 22.5. The molecule has 0 radical (unpaired) electrons. The first-order valence-corrected chi connectivity index (χ1v) is 12.9. The number of aromatic nitrogens is 2. The molecule has 1 aliphatic heterocycles. The molecule has 6 heteroatoms. The summed E-state index contributed by atoms with van der Waals surface area (Å²) in [7, 11) is 1.67. The Bertz CT molecular complexity index is 1370. The number of nitrogens with zero attached hydrogens (tertiary/aromatic N) is 4. The predicted molar refractivity (Wildman–Crippen MR) is 148 cm³/mol. The van der Waals surface area contributed by atoms with Crippen LogP contribution in [0.5, 0.6) is 5.75 Å². The Morgan fingerprint density at radius 1 is 1.03 bits per heavy atom. The fourth-order valence-electron chi connectivity index (χ4n) is 5.07. The van der Waals surface area contributed by atoms with Crippen LogP contribution in [0.25, 0.3) is 11.7 Å². The second kappa shape index (κ2) is 11.4. The van der Waals surface area contributed by atoms with Gasteiger partial charge in [-0.1, -0.05) is 60.7 Å². The van der Waals surface area contributed by atoms with Gasteiger partial charge in [-0.25, -0.2) is 4.98 Å². The zero-order valence-electron chi connectivity index (χ0n) is 21.6. The molecule has 0 N–H and O–H groups in total. The van der Waals surface area contributed by atoms with Gasteiger partial charge in [-0.05, 0) is 41.8 Å². The van der Waals surface area contributed by atoms with Crippen molar-refractivity contribution in [1.82, 2.24) is 19.2 Å². The first-order valence-electron chi connectivity index (χ1n) is 12.9. The Morgan fingerprint density at radius 3 is 2.62 bits per heavy atom. The van der Waals surface area contributed by atoms with Crippen molar-refractivity contribution in [3.05, 3.63) is 108 Å². The molecule has 5 rings (SSSR count). The van der Waals surface area contributed by atoms with Crippen molar-refractivity contribution >= 4 is 17.6 Å². The van der Waals surface area contributed by atoms with Crippen LogP contribution in [0.3, 0.4) is 0 Å². The molecule has 0 aliphatic carbocycles. The molecule has 190 valence electrons. The fourth-order valence-corrected chi connectivity index (χ4v) is 5.07. The van der Waals surface area contributed by atoms with E-state index in [1.54, 1.807) is 7.11 Å². The highest BCUT2D eigenvalue weighted by atomic mass is 16.5. The summed E-state index contributed by atoms with van der Waals surface area (Å²) in [5, 5.41) is 0. The number of carbonyl (C=O) groups excluding carboxylic acids is 1. The van der Waals surface area contributed by atoms with Crippen LogP contribution in [0.1, 0.15) is 34.7 Å². The van der Waals surface area contributed by atoms with E-state index in [-0.39, 0.29) is 11.8 Å². The first kappa shape index (κ1) is 24.8. The summed E-state index contributed by atoms with van der Waals surface area (Å²) in [5.41, 5.74) is 5.32. The van der Waals surface area contributed by atoms with Crippen LogP contribution < -0.4 is 4.74 Å². The van der Waals surface area contributed by atoms with Crippen LogP contribution in [0.4, 0.5) is 0 Å². The molecule has 1 saturated heterocycles. The maximum absolute atomic E-state index is 13.6. The van der Waals surface area contributed by atoms with Crippen LogP contribution in [-0.2, 0) is 4.79 Å². The molecule has 37 heavy (non-hydrogen) atoms. The molecule has 2 aromatic carbocycles. The number of amides is 1. The van der Waals surface area contributed by atoms with Crippen molar-refractivity contribution in [2.24, 2.45) is 0 Å². The second-order valence-electron chi connectivity index (χ2n) is 9.60. The lowest BCUT2D eigenvalue weighted by molar-refractivity contribution is -0.133. The van der Waals surface area contributed by atoms with E-state index in [0.29, 0.717) is 6.42 Å². The smallest absolute Gasteiger partial charge is 0.223 e. The lowest BCUT2D eigenvalue weighted by atomic mass is 9.91. The van der Waals surface area contributed by atoms with Gasteiger partial charge in [-0.2, -0.15) is 0 Å². The molecule has 1 fully saturated rings. The Morgan fingerprint density at radius 2 is 1.84 bits per heavy atom. The van der Waals surface area contributed by atoms with Gasteiger partial charge in [0.2, 0.25) is 5.91 Å². The summed E-state index contributed by atoms with van der Waals surface area (Å²) in [6.45, 7) is 6.20. The summed E-state index contributed by atoms with van der Waals surface area (Å²) >= 11 is 0. The van der Waals surface area contributed by atoms with Gasteiger partial charge in [0, 0.05) is 57.5 Å². The van der Waals surface area contributed by atoms with Crippen LogP contribution in [0, 0.1) is 6.92 Å². The van der Waals surface area contributed by atoms with Crippen LogP contribution >= 0.6 is 0 Å². The summed E-state index contributed by atoms with van der Waals surface area (Å²) in [5.74, 6) is 0.846. The molecule has 4 aromatic rings. The number of carbonyl (C=O) groups is 1. The molecule has 1 aliphatic rings. The molecule has 0 spiro atoms. The Balaban J connectivity index is 1.29. The fraction of sp³-hybridized carbons (Fsp3) is 0.290. The lowest BCUT2D eigenvalue weighted by Crippen LogP contribution is -2.48. The van der Waals surface area contributed by atoms with Crippen molar-refractivity contribution < 1.29 is 9.53 Å². The molecular weight excluding hydrogens is 460 g/mol. The third kappa shape index (κ3) is 5.75. The van der Waals surface area contributed by atoms with E-state index in [2.05, 4.69) is 69.8 Å². The monoisotopic (exact) mass is 494 g/mol. The zero-order chi connectivity index (χ0) is 25.6. The molecular formula is C31H34N4O2. The number of imidazole rings is 1. The van der Waals surface area contributed by atoms with E-state index in [0.717, 1.165) is 60.9 Å². The lowest BCUT2D eigenvalue weighted by Gasteiger charge is -2.35. The van der Waals surface area contributed by atoms with Crippen LogP contribution in [-0.4, -0.2) is 64.9 Å². The third-order valence-electron chi connectivity index (χ3n) is 7.19. The van der Waals surface area contributed by atoms with E-state index in [4.69, 9.17) is 4.74 Å². The number of aryl methyl sites for hydroxylation is 1. The highest BCUT2D eigenvalue weighted by Gasteiger charge is 2.27. The summed E-state index contributed by atoms with van der Waals surface area (Å²) in [4.78, 5) is 22.7. The first-order chi connectivity index (χ1) is 18.1. The van der Waals surface area contributed by atoms with E-state index >= 15 is 0 Å². The average molecular weight is 495 g/mol. The minimum absolute atomic E-state index is 0.119. The molecule has 1 amide bonds. The highest BCUT2D eigenvalue weighted by Crippen LogP contribution is 2.32. The maximum Gasteiger partial charge on any atom is 0.223 e. The van der Waals surface area contributed by atoms with E-state index < -0.39 is 0 Å². The number of pyridine rings is 1. The predicted octanol–water partition coefficient (Wildman–Crippen LogP) is 5.03. The number of fused-ring (bicyclic) bond motifs is 1. The molecule has 6 nitrogen and oxygen atoms in total. The van der Waals surface area contributed by atoms with Gasteiger partial charge in [0.1, 0.15) is 11.4 Å². The van der Waals surface area contributed by atoms with Gasteiger partial charge in [0.15, 0.2) is 0 Å². The minimum Gasteiger partial charge on any atom is -0.497 e. The van der Waals surface area contributed by atoms with Crippen molar-refractivity contribution in [2.75, 3.05) is 39.8 Å². The van der Waals surface area contributed by atoms with Crippen LogP contribution in [0.2, 0.25) is 0 Å². The van der Waals surface area contributed by atoms with Gasteiger partial charge in [-0.15, -0.1) is 0 Å². The minimum atomic E-state index is -0.119. The molecule has 1 atom stereocenters. The van der Waals surface area contributed by atoms with Crippen LogP contribution in [0.15, 0.2) is 85.2 Å². The summed E-state index contributed by atoms with van der Waals surface area (Å²) in [6.07, 6.45) is 8.70. The number of piperazine rings is 1. The Hall–Kier alpha value is -3.90. The molecule has 3 heterocycles. The van der Waals surface area contributed by atoms with Gasteiger partial charge >= 0.3 is 0 Å². The van der Waals surface area contributed by atoms with Crippen molar-refractivity contribution in [1.29, 1.82) is 0 Å². The second-order valence-corrected chi connectivity index (χ2v) is 9.60. The van der Waals surface area contributed by atoms with E-state index in [1.165, 1.54) is 5.56 Å². The normalized spacial score (nSPS) is 15.4. The largest absolute Gasteiger partial charge is 0.497 e. The number of hydrogen-bond acceptors (Lipinski definition) is 4. The summed E-state index contributed by atoms with van der Waals surface area (Å²) < 4.78 is 7.61. The topological polar surface area (TPSA) is 50.1 Å². The standard InChI is InChI=1S/C31H34N4O2/c1-24-9-7-16-35-29(23-32-31(24)35)28(26-13-6-14-27(21-26)37-2)22-30(36)34-19-17-33(18-20-34)15-8-12-25-10-4-3-5-11-25/h3-14,16,21,23,28H,15,17-20,22H2,1-2H3/b12-8+. The SMILES string of the molecule is COc1cccc(C(CC(=O)N2CCN(C/C=C/c3ccccc3)CC2)c2cnc3c(C)cccn23)c1. The van der Waals surface area contributed by atoms with Gasteiger partial charge in [0.25, 0.3) is 0 Å². The van der Waals surface area contributed by atoms with E-state index in [9.17, 15) is 4.79 Å². The van der Waals surface area contributed by atoms with Crippen molar-refractivity contribution in [3.63, 3.8) is 0 Å². The van der Waals surface area contributed by atoms with Crippen molar-refractivity contribution in [2.45, 2.75) is 19.3 Å². The quantitative estimate of drug-likeness (QED) is 0.345. The highest BCUT2D eigenvalue weighted by molar-refractivity contribution is 5.78. The van der Waals surface area contributed by atoms with Gasteiger partial charge in [-0.3, -0.25) is 9.69 Å². The Labute approximate surface area is 218 Å². The number of rotatable bonds is 8. The maximum atomic E-state index is 13.6. The number of hydrogen-bond donors (Lipinski definition) is 0. The van der Waals surface area contributed by atoms with Gasteiger partial charge < -0.3 is 14.0 Å². The molecule has 0 bridgehead atoms. The molecule has 1 unspecified atom stereocenters. The zero-order valence-corrected chi connectivity index (χ0v) is 21.6. The average Bonchev–Trinajstić information content (AvgIpc) is 3.38. The number of benzene rings is 2. The Kier molecular flexibility index (Phi) is 7.66. The van der Waals surface area contributed by atoms with Crippen molar-refractivity contribution in [3.8, 4) is 5.75 Å². The van der Waals surface area contributed by atoms with E-state index in [1.807, 2.05) is 47.6 Å². The molecule has 0 saturated carbocycles. The third-order valence-corrected chi connectivity index (χ3v) is 7.19. The van der Waals surface area contributed by atoms with Gasteiger partial charge in [0.05, 0.1) is 12.8 Å². The number of methoxy groups -OCH3 is 1.